The molecule has 0 atom stereocenters. The quantitative estimate of drug-likeness (QED) is 0.887. The third kappa shape index (κ3) is 2.48. The lowest BCUT2D eigenvalue weighted by molar-refractivity contribution is 0.630. The molecule has 1 N–H and O–H groups in total. The van der Waals surface area contributed by atoms with Crippen LogP contribution in [0.2, 0.25) is 0 Å². The van der Waals surface area contributed by atoms with E-state index in [-0.39, 0.29) is 5.54 Å². The van der Waals surface area contributed by atoms with Gasteiger partial charge in [0, 0.05) is 16.8 Å². The fourth-order valence-electron chi connectivity index (χ4n) is 1.90. The van der Waals surface area contributed by atoms with Crippen LogP contribution in [-0.4, -0.2) is 15.5 Å². The molecule has 0 unspecified atom stereocenters. The molecule has 3 nitrogen and oxygen atoms in total. The van der Waals surface area contributed by atoms with E-state index in [2.05, 4.69) is 56.8 Å². The Bertz CT molecular complexity index is 579. The number of anilines is 1. The minimum Gasteiger partial charge on any atom is -0.365 e. The van der Waals surface area contributed by atoms with E-state index in [1.54, 1.807) is 11.3 Å². The summed E-state index contributed by atoms with van der Waals surface area (Å²) in [6.07, 6.45) is 0.866. The van der Waals surface area contributed by atoms with Crippen LogP contribution in [0.1, 0.15) is 44.0 Å². The molecule has 0 radical (unpaired) electrons. The largest absolute Gasteiger partial charge is 0.365 e. The molecule has 0 saturated heterocycles. The second-order valence-electron chi connectivity index (χ2n) is 5.68. The number of aromatic nitrogens is 2. The van der Waals surface area contributed by atoms with E-state index in [4.69, 9.17) is 0 Å². The van der Waals surface area contributed by atoms with E-state index >= 15 is 0 Å². The maximum atomic E-state index is 4.66. The van der Waals surface area contributed by atoms with Gasteiger partial charge in [0.2, 0.25) is 0 Å². The molecule has 0 spiro atoms. The topological polar surface area (TPSA) is 37.8 Å². The Kier molecular flexibility index (Phi) is 3.32. The van der Waals surface area contributed by atoms with Crippen LogP contribution in [0.5, 0.6) is 0 Å². The Morgan fingerprint density at radius 1 is 1.17 bits per heavy atom. The van der Waals surface area contributed by atoms with Crippen LogP contribution in [0.15, 0.2) is 0 Å². The molecule has 0 aliphatic heterocycles. The number of aryl methyl sites for hydroxylation is 3. The van der Waals surface area contributed by atoms with Gasteiger partial charge in [0.1, 0.15) is 16.5 Å². The van der Waals surface area contributed by atoms with Gasteiger partial charge in [-0.2, -0.15) is 0 Å². The Labute approximate surface area is 113 Å². The first-order valence-electron chi connectivity index (χ1n) is 6.36. The van der Waals surface area contributed by atoms with Crippen molar-refractivity contribution in [2.45, 2.75) is 53.5 Å². The van der Waals surface area contributed by atoms with Gasteiger partial charge in [-0.3, -0.25) is 0 Å². The summed E-state index contributed by atoms with van der Waals surface area (Å²) < 4.78 is 0. The van der Waals surface area contributed by atoms with Crippen LogP contribution >= 0.6 is 11.3 Å². The first kappa shape index (κ1) is 13.3. The zero-order chi connectivity index (χ0) is 13.5. The third-order valence-corrected chi connectivity index (χ3v) is 3.99. The van der Waals surface area contributed by atoms with Gasteiger partial charge in [-0.15, -0.1) is 11.3 Å². The minimum atomic E-state index is 0.00851. The highest BCUT2D eigenvalue weighted by atomic mass is 32.1. The van der Waals surface area contributed by atoms with Gasteiger partial charge in [-0.05, 0) is 40.2 Å². The average Bonchev–Trinajstić information content (AvgIpc) is 2.52. The Morgan fingerprint density at radius 3 is 2.39 bits per heavy atom. The number of fused-ring (bicyclic) bond motifs is 1. The highest BCUT2D eigenvalue weighted by Gasteiger charge is 2.18. The molecular weight excluding hydrogens is 242 g/mol. The monoisotopic (exact) mass is 263 g/mol. The van der Waals surface area contributed by atoms with Crippen LogP contribution in [0.25, 0.3) is 10.2 Å². The lowest BCUT2D eigenvalue weighted by Crippen LogP contribution is -2.27. The molecule has 4 heteroatoms. The van der Waals surface area contributed by atoms with Crippen molar-refractivity contribution < 1.29 is 0 Å². The lowest BCUT2D eigenvalue weighted by Gasteiger charge is -2.22. The highest BCUT2D eigenvalue weighted by molar-refractivity contribution is 7.18. The molecule has 0 aliphatic rings. The second-order valence-corrected chi connectivity index (χ2v) is 6.88. The molecular formula is C14H21N3S. The Morgan fingerprint density at radius 2 is 1.83 bits per heavy atom. The van der Waals surface area contributed by atoms with Crippen LogP contribution in [0.4, 0.5) is 5.82 Å². The molecule has 2 rings (SSSR count). The van der Waals surface area contributed by atoms with E-state index < -0.39 is 0 Å². The Hall–Kier alpha value is -1.16. The van der Waals surface area contributed by atoms with E-state index in [9.17, 15) is 0 Å². The van der Waals surface area contributed by atoms with Crippen molar-refractivity contribution in [3.63, 3.8) is 0 Å². The Balaban J connectivity index is 2.67. The van der Waals surface area contributed by atoms with Gasteiger partial charge in [-0.25, -0.2) is 9.97 Å². The van der Waals surface area contributed by atoms with Crippen molar-refractivity contribution in [2.24, 2.45) is 0 Å². The number of thiophene rings is 1. The summed E-state index contributed by atoms with van der Waals surface area (Å²) in [6, 6.07) is 0. The van der Waals surface area contributed by atoms with E-state index in [0.29, 0.717) is 0 Å². The SMILES string of the molecule is CCc1nc(NC(C)(C)C)c2c(C)c(C)sc2n1. The summed E-state index contributed by atoms with van der Waals surface area (Å²) in [4.78, 5) is 11.7. The standard InChI is InChI=1S/C14H21N3S/c1-7-10-15-12(17-14(4,5)6)11-8(2)9(3)18-13(11)16-10/h7H2,1-6H3,(H,15,16,17). The summed E-state index contributed by atoms with van der Waals surface area (Å²) in [5, 5.41) is 4.69. The molecule has 0 aromatic carbocycles. The summed E-state index contributed by atoms with van der Waals surface area (Å²) in [5.41, 5.74) is 1.30. The van der Waals surface area contributed by atoms with Crippen LogP contribution in [-0.2, 0) is 6.42 Å². The zero-order valence-corrected chi connectivity index (χ0v) is 12.8. The number of hydrogen-bond acceptors (Lipinski definition) is 4. The van der Waals surface area contributed by atoms with Gasteiger partial charge < -0.3 is 5.32 Å². The first-order chi connectivity index (χ1) is 8.31. The summed E-state index contributed by atoms with van der Waals surface area (Å²) in [6.45, 7) is 12.9. The first-order valence-corrected chi connectivity index (χ1v) is 7.18. The minimum absolute atomic E-state index is 0.00851. The number of nitrogens with one attached hydrogen (secondary N) is 1. The summed E-state index contributed by atoms with van der Waals surface area (Å²) in [7, 11) is 0. The van der Waals surface area contributed by atoms with Crippen molar-refractivity contribution >= 4 is 27.4 Å². The van der Waals surface area contributed by atoms with Crippen LogP contribution in [0.3, 0.4) is 0 Å². The fraction of sp³-hybridized carbons (Fsp3) is 0.571. The number of rotatable bonds is 2. The van der Waals surface area contributed by atoms with Gasteiger partial charge in [0.25, 0.3) is 0 Å². The van der Waals surface area contributed by atoms with E-state index in [1.165, 1.54) is 15.8 Å². The molecule has 0 aliphatic carbocycles. The normalized spacial score (nSPS) is 12.1. The zero-order valence-electron chi connectivity index (χ0n) is 12.0. The predicted molar refractivity (Wildman–Crippen MR) is 79.6 cm³/mol. The van der Waals surface area contributed by atoms with Crippen molar-refractivity contribution in [1.82, 2.24) is 9.97 Å². The van der Waals surface area contributed by atoms with Crippen molar-refractivity contribution in [2.75, 3.05) is 5.32 Å². The summed E-state index contributed by atoms with van der Waals surface area (Å²) in [5.74, 6) is 1.89. The highest BCUT2D eigenvalue weighted by Crippen LogP contribution is 2.34. The number of nitrogens with zero attached hydrogens (tertiary/aromatic N) is 2. The third-order valence-electron chi connectivity index (χ3n) is 2.88. The van der Waals surface area contributed by atoms with Crippen molar-refractivity contribution in [1.29, 1.82) is 0 Å². The molecule has 2 heterocycles. The van der Waals surface area contributed by atoms with Gasteiger partial charge in [0.15, 0.2) is 0 Å². The van der Waals surface area contributed by atoms with Gasteiger partial charge in [-0.1, -0.05) is 6.92 Å². The molecule has 0 fully saturated rings. The van der Waals surface area contributed by atoms with Crippen molar-refractivity contribution in [3.05, 3.63) is 16.3 Å². The average molecular weight is 263 g/mol. The molecule has 2 aromatic rings. The van der Waals surface area contributed by atoms with Crippen LogP contribution in [0, 0.1) is 13.8 Å². The maximum absolute atomic E-state index is 4.66. The molecule has 18 heavy (non-hydrogen) atoms. The summed E-state index contributed by atoms with van der Waals surface area (Å²) >= 11 is 1.76. The lowest BCUT2D eigenvalue weighted by atomic mass is 10.1. The molecule has 98 valence electrons. The predicted octanol–water partition coefficient (Wildman–Crippen LogP) is 4.08. The maximum Gasteiger partial charge on any atom is 0.139 e. The number of hydrogen-bond donors (Lipinski definition) is 1. The fourth-order valence-corrected chi connectivity index (χ4v) is 2.95. The smallest absolute Gasteiger partial charge is 0.139 e. The second kappa shape index (κ2) is 4.50. The molecule has 2 aromatic heterocycles. The van der Waals surface area contributed by atoms with Crippen LogP contribution < -0.4 is 5.32 Å². The van der Waals surface area contributed by atoms with Crippen molar-refractivity contribution in [3.8, 4) is 0 Å². The molecule has 0 saturated carbocycles. The van der Waals surface area contributed by atoms with Gasteiger partial charge >= 0.3 is 0 Å². The van der Waals surface area contributed by atoms with E-state index in [1.807, 2.05) is 0 Å². The molecule has 0 bridgehead atoms. The molecule has 0 amide bonds. The van der Waals surface area contributed by atoms with Gasteiger partial charge in [0.05, 0.1) is 5.39 Å². The van der Waals surface area contributed by atoms with E-state index in [0.717, 1.165) is 22.9 Å².